The summed E-state index contributed by atoms with van der Waals surface area (Å²) < 4.78 is 5.64. The minimum Gasteiger partial charge on any atom is -0.376 e. The Kier molecular flexibility index (Phi) is 4.68. The summed E-state index contributed by atoms with van der Waals surface area (Å²) in [6.07, 6.45) is 5.82. The first-order chi connectivity index (χ1) is 9.20. The van der Waals surface area contributed by atoms with Crippen molar-refractivity contribution in [3.8, 4) is 0 Å². The van der Waals surface area contributed by atoms with E-state index in [-0.39, 0.29) is 23.3 Å². The summed E-state index contributed by atoms with van der Waals surface area (Å²) in [6.45, 7) is 3.87. The van der Waals surface area contributed by atoms with Gasteiger partial charge in [0.1, 0.15) is 5.69 Å². The van der Waals surface area contributed by atoms with Gasteiger partial charge in [-0.15, -0.1) is 0 Å². The number of carbonyl (C=O) groups excluding carboxylic acids is 1. The van der Waals surface area contributed by atoms with E-state index in [1.807, 2.05) is 6.92 Å². The highest BCUT2D eigenvalue weighted by atomic mass is 16.5. The molecule has 1 atom stereocenters. The second-order valence-corrected chi connectivity index (χ2v) is 4.63. The highest BCUT2D eigenvalue weighted by Gasteiger charge is 2.22. The number of rotatable bonds is 4. The van der Waals surface area contributed by atoms with E-state index in [4.69, 9.17) is 4.74 Å². The maximum absolute atomic E-state index is 12.2. The molecule has 1 aliphatic heterocycles. The molecule has 6 heteroatoms. The molecule has 0 spiro atoms. The van der Waals surface area contributed by atoms with Crippen molar-refractivity contribution < 1.29 is 9.53 Å². The molecule has 0 bridgehead atoms. The van der Waals surface area contributed by atoms with Crippen molar-refractivity contribution in [1.29, 1.82) is 0 Å². The van der Waals surface area contributed by atoms with Crippen LogP contribution in [0.15, 0.2) is 17.2 Å². The van der Waals surface area contributed by atoms with Gasteiger partial charge in [0.25, 0.3) is 11.5 Å². The highest BCUT2D eigenvalue weighted by Crippen LogP contribution is 2.14. The van der Waals surface area contributed by atoms with Gasteiger partial charge in [-0.25, -0.2) is 4.98 Å². The van der Waals surface area contributed by atoms with E-state index in [1.165, 1.54) is 6.20 Å². The van der Waals surface area contributed by atoms with Crippen LogP contribution in [0.5, 0.6) is 0 Å². The van der Waals surface area contributed by atoms with Crippen LogP contribution in [0.2, 0.25) is 0 Å². The maximum atomic E-state index is 12.2. The summed E-state index contributed by atoms with van der Waals surface area (Å²) in [5.41, 5.74) is -0.0486. The molecule has 6 nitrogen and oxygen atoms in total. The van der Waals surface area contributed by atoms with Crippen molar-refractivity contribution in [3.05, 3.63) is 28.4 Å². The van der Waals surface area contributed by atoms with Gasteiger partial charge in [0.05, 0.1) is 12.3 Å². The molecule has 1 N–H and O–H groups in total. The molecular formula is C13H19N3O3. The average Bonchev–Trinajstić information content (AvgIpc) is 2.46. The molecule has 19 heavy (non-hydrogen) atoms. The molecule has 1 amide bonds. The van der Waals surface area contributed by atoms with Crippen LogP contribution in [0, 0.1) is 0 Å². The number of carbonyl (C=O) groups is 1. The molecule has 1 aliphatic rings. The fraction of sp³-hybridized carbons (Fsp3) is 0.615. The molecule has 0 aliphatic carbocycles. The zero-order valence-electron chi connectivity index (χ0n) is 11.1. The summed E-state index contributed by atoms with van der Waals surface area (Å²) >= 11 is 0. The van der Waals surface area contributed by atoms with Crippen molar-refractivity contribution in [2.24, 2.45) is 0 Å². The number of ether oxygens (including phenoxy) is 1. The van der Waals surface area contributed by atoms with Crippen LogP contribution in [0.4, 0.5) is 0 Å². The van der Waals surface area contributed by atoms with E-state index in [0.29, 0.717) is 13.1 Å². The number of aromatic amines is 1. The predicted octanol–water partition coefficient (Wildman–Crippen LogP) is 0.801. The first-order valence-corrected chi connectivity index (χ1v) is 6.66. The predicted molar refractivity (Wildman–Crippen MR) is 70.0 cm³/mol. The van der Waals surface area contributed by atoms with Gasteiger partial charge in [-0.05, 0) is 26.2 Å². The van der Waals surface area contributed by atoms with Crippen LogP contribution in [-0.2, 0) is 4.74 Å². The largest absolute Gasteiger partial charge is 0.376 e. The third-order valence-corrected chi connectivity index (χ3v) is 3.26. The number of nitrogens with one attached hydrogen (secondary N) is 1. The smallest absolute Gasteiger partial charge is 0.274 e. The van der Waals surface area contributed by atoms with Crippen LogP contribution in [0.3, 0.4) is 0 Å². The van der Waals surface area contributed by atoms with Gasteiger partial charge in [0.15, 0.2) is 0 Å². The Balaban J connectivity index is 2.01. The fourth-order valence-electron chi connectivity index (χ4n) is 2.17. The molecule has 1 unspecified atom stereocenters. The lowest BCUT2D eigenvalue weighted by Crippen LogP contribution is -2.40. The second-order valence-electron chi connectivity index (χ2n) is 4.63. The van der Waals surface area contributed by atoms with Gasteiger partial charge >= 0.3 is 0 Å². The van der Waals surface area contributed by atoms with E-state index >= 15 is 0 Å². The lowest BCUT2D eigenvalue weighted by atomic mass is 10.1. The number of amides is 1. The summed E-state index contributed by atoms with van der Waals surface area (Å²) in [4.78, 5) is 31.2. The van der Waals surface area contributed by atoms with Crippen LogP contribution in [0.25, 0.3) is 0 Å². The minimum absolute atomic E-state index is 0.111. The lowest BCUT2D eigenvalue weighted by molar-refractivity contribution is -0.00324. The summed E-state index contributed by atoms with van der Waals surface area (Å²) in [5, 5.41) is 0. The molecule has 2 heterocycles. The van der Waals surface area contributed by atoms with Gasteiger partial charge in [-0.3, -0.25) is 9.59 Å². The summed E-state index contributed by atoms with van der Waals surface area (Å²) in [7, 11) is 0. The molecule has 104 valence electrons. The molecule has 0 radical (unpaired) electrons. The van der Waals surface area contributed by atoms with E-state index in [1.54, 1.807) is 4.90 Å². The highest BCUT2D eigenvalue weighted by molar-refractivity contribution is 5.91. The van der Waals surface area contributed by atoms with Gasteiger partial charge in [-0.2, -0.15) is 0 Å². The Morgan fingerprint density at radius 3 is 3.00 bits per heavy atom. The zero-order chi connectivity index (χ0) is 13.7. The second kappa shape index (κ2) is 6.47. The normalized spacial score (nSPS) is 19.1. The average molecular weight is 265 g/mol. The number of nitrogens with zero attached hydrogens (tertiary/aromatic N) is 2. The van der Waals surface area contributed by atoms with E-state index in [9.17, 15) is 9.59 Å². The monoisotopic (exact) mass is 265 g/mol. The molecule has 1 aromatic heterocycles. The lowest BCUT2D eigenvalue weighted by Gasteiger charge is -2.29. The number of likely N-dealkylation sites (N-methyl/N-ethyl adjacent to an activating group) is 1. The van der Waals surface area contributed by atoms with Crippen LogP contribution in [0.1, 0.15) is 36.7 Å². The van der Waals surface area contributed by atoms with Crippen molar-refractivity contribution in [3.63, 3.8) is 0 Å². The molecule has 1 fully saturated rings. The Hall–Kier alpha value is -1.69. The Morgan fingerprint density at radius 2 is 2.42 bits per heavy atom. The van der Waals surface area contributed by atoms with Gasteiger partial charge in [0, 0.05) is 25.9 Å². The van der Waals surface area contributed by atoms with Crippen molar-refractivity contribution in [2.75, 3.05) is 19.7 Å². The van der Waals surface area contributed by atoms with Crippen molar-refractivity contribution in [2.45, 2.75) is 32.3 Å². The van der Waals surface area contributed by atoms with Crippen LogP contribution in [-0.4, -0.2) is 46.6 Å². The number of aromatic nitrogens is 2. The molecule has 2 rings (SSSR count). The summed E-state index contributed by atoms with van der Waals surface area (Å²) in [6, 6.07) is 0. The Bertz CT molecular complexity index is 460. The SMILES string of the molecule is CCN(CC1CCCCO1)C(=O)c1c[nH]c(=O)cn1. The quantitative estimate of drug-likeness (QED) is 0.873. The van der Waals surface area contributed by atoms with Gasteiger partial charge < -0.3 is 14.6 Å². The van der Waals surface area contributed by atoms with Gasteiger partial charge in [0.2, 0.25) is 0 Å². The molecule has 1 saturated heterocycles. The zero-order valence-corrected chi connectivity index (χ0v) is 11.1. The van der Waals surface area contributed by atoms with Crippen LogP contribution < -0.4 is 5.56 Å². The standard InChI is InChI=1S/C13H19N3O3/c1-2-16(9-10-5-3-4-6-19-10)13(18)11-7-15-12(17)8-14-11/h7-8,10H,2-6,9H2,1H3,(H,15,17). The van der Waals surface area contributed by atoms with Crippen molar-refractivity contribution in [1.82, 2.24) is 14.9 Å². The number of hydrogen-bond acceptors (Lipinski definition) is 4. The fourth-order valence-corrected chi connectivity index (χ4v) is 2.17. The Labute approximate surface area is 111 Å². The maximum Gasteiger partial charge on any atom is 0.274 e. The first kappa shape index (κ1) is 13.7. The number of hydrogen-bond donors (Lipinski definition) is 1. The minimum atomic E-state index is -0.310. The Morgan fingerprint density at radius 1 is 1.58 bits per heavy atom. The van der Waals surface area contributed by atoms with E-state index in [0.717, 1.165) is 32.1 Å². The molecule has 0 aromatic carbocycles. The van der Waals surface area contributed by atoms with Gasteiger partial charge in [-0.1, -0.05) is 0 Å². The number of H-pyrrole nitrogens is 1. The van der Waals surface area contributed by atoms with Crippen LogP contribution >= 0.6 is 0 Å². The summed E-state index contributed by atoms with van der Waals surface area (Å²) in [5.74, 6) is -0.173. The first-order valence-electron chi connectivity index (χ1n) is 6.66. The van der Waals surface area contributed by atoms with Crippen molar-refractivity contribution >= 4 is 5.91 Å². The molecule has 1 aromatic rings. The third kappa shape index (κ3) is 3.64. The van der Waals surface area contributed by atoms with E-state index in [2.05, 4.69) is 9.97 Å². The molecule has 0 saturated carbocycles. The third-order valence-electron chi connectivity index (χ3n) is 3.26. The topological polar surface area (TPSA) is 75.3 Å². The molecular weight excluding hydrogens is 246 g/mol. The van der Waals surface area contributed by atoms with E-state index < -0.39 is 0 Å².